The normalized spacial score (nSPS) is 24.6. The number of carbonyl (C=O) groups excluding carboxylic acids is 3. The van der Waals surface area contributed by atoms with E-state index in [0.29, 0.717) is 25.4 Å². The number of hydrogen-bond acceptors (Lipinski definition) is 4. The summed E-state index contributed by atoms with van der Waals surface area (Å²) in [6.45, 7) is 1.12. The van der Waals surface area contributed by atoms with E-state index in [2.05, 4.69) is 5.32 Å². The lowest BCUT2D eigenvalue weighted by Gasteiger charge is -2.33. The van der Waals surface area contributed by atoms with Crippen molar-refractivity contribution in [2.75, 3.05) is 18.4 Å². The van der Waals surface area contributed by atoms with Crippen LogP contribution >= 0.6 is 0 Å². The van der Waals surface area contributed by atoms with Crippen LogP contribution in [0.2, 0.25) is 0 Å². The van der Waals surface area contributed by atoms with Gasteiger partial charge < -0.3 is 21.7 Å². The molecule has 2 aromatic rings. The zero-order chi connectivity index (χ0) is 24.2. The van der Waals surface area contributed by atoms with Gasteiger partial charge in [0.25, 0.3) is 5.91 Å². The number of carbonyl (C=O) groups is 3. The molecule has 3 amide bonds. The molecule has 7 nitrogen and oxygen atoms in total. The second kappa shape index (κ2) is 10.3. The molecule has 0 radical (unpaired) electrons. The molecule has 1 aliphatic heterocycles. The molecule has 2 aromatic carbocycles. The van der Waals surface area contributed by atoms with Gasteiger partial charge in [0.2, 0.25) is 11.8 Å². The molecule has 2 atom stereocenters. The summed E-state index contributed by atoms with van der Waals surface area (Å²) in [7, 11) is 0. The van der Waals surface area contributed by atoms with E-state index in [1.54, 1.807) is 4.90 Å². The molecule has 180 valence electrons. The Balaban J connectivity index is 1.57. The number of nitrogens with two attached hydrogens (primary N) is 2. The molecule has 2 aliphatic rings. The highest BCUT2D eigenvalue weighted by Gasteiger charge is 2.44. The number of halogens is 1. The lowest BCUT2D eigenvalue weighted by molar-refractivity contribution is -0.141. The average molecular weight is 467 g/mol. The summed E-state index contributed by atoms with van der Waals surface area (Å²) in [5.74, 6) is -1.87. The first-order chi connectivity index (χ1) is 16.4. The minimum atomic E-state index is -0.878. The molecule has 34 heavy (non-hydrogen) atoms. The van der Waals surface area contributed by atoms with Gasteiger partial charge in [-0.1, -0.05) is 30.3 Å². The molecule has 0 bridgehead atoms. The van der Waals surface area contributed by atoms with Crippen LogP contribution in [0.15, 0.2) is 48.5 Å². The maximum atomic E-state index is 14.3. The molecule has 0 unspecified atom stereocenters. The summed E-state index contributed by atoms with van der Waals surface area (Å²) in [4.78, 5) is 40.0. The molecule has 1 saturated carbocycles. The monoisotopic (exact) mass is 466 g/mol. The first-order valence-corrected chi connectivity index (χ1v) is 11.8. The van der Waals surface area contributed by atoms with E-state index in [1.807, 2.05) is 30.3 Å². The van der Waals surface area contributed by atoms with E-state index in [0.717, 1.165) is 37.3 Å². The van der Waals surface area contributed by atoms with Gasteiger partial charge in [-0.25, -0.2) is 4.39 Å². The lowest BCUT2D eigenvalue weighted by Crippen LogP contribution is -2.48. The fourth-order valence-corrected chi connectivity index (χ4v) is 5.30. The second-order valence-electron chi connectivity index (χ2n) is 9.28. The van der Waals surface area contributed by atoms with Crippen molar-refractivity contribution < 1.29 is 18.8 Å². The van der Waals surface area contributed by atoms with Gasteiger partial charge in [0.1, 0.15) is 11.9 Å². The van der Waals surface area contributed by atoms with Crippen LogP contribution in [0.1, 0.15) is 53.9 Å². The van der Waals surface area contributed by atoms with Crippen molar-refractivity contribution in [2.45, 2.75) is 44.1 Å². The number of primary amides is 1. The van der Waals surface area contributed by atoms with Crippen molar-refractivity contribution in [1.29, 1.82) is 0 Å². The number of rotatable bonds is 6. The molecule has 8 heteroatoms. The topological polar surface area (TPSA) is 119 Å². The highest BCUT2D eigenvalue weighted by atomic mass is 19.1. The molecule has 0 spiro atoms. The molecule has 1 saturated heterocycles. The van der Waals surface area contributed by atoms with E-state index in [-0.39, 0.29) is 34.9 Å². The number of hydrogen-bond donors (Lipinski definition) is 3. The van der Waals surface area contributed by atoms with Crippen LogP contribution in [0.25, 0.3) is 0 Å². The first-order valence-electron chi connectivity index (χ1n) is 11.8. The van der Waals surface area contributed by atoms with E-state index >= 15 is 0 Å². The summed E-state index contributed by atoms with van der Waals surface area (Å²) in [6.07, 6.45) is 4.07. The Labute approximate surface area is 198 Å². The molecular weight excluding hydrogens is 435 g/mol. The molecule has 1 heterocycles. The maximum absolute atomic E-state index is 14.3. The predicted molar refractivity (Wildman–Crippen MR) is 127 cm³/mol. The van der Waals surface area contributed by atoms with Crippen LogP contribution in [0, 0.1) is 17.7 Å². The number of nitrogens with one attached hydrogen (secondary N) is 1. The van der Waals surface area contributed by atoms with Gasteiger partial charge in [-0.05, 0) is 68.3 Å². The minimum Gasteiger partial charge on any atom is -0.366 e. The minimum absolute atomic E-state index is 0.00399. The van der Waals surface area contributed by atoms with Gasteiger partial charge in [0, 0.05) is 24.1 Å². The Morgan fingerprint density at radius 2 is 1.71 bits per heavy atom. The number of amides is 3. The SMILES string of the molecule is NCC1CCC(C(=O)N2CC[C@@H](c3ccccc3)[C@H]2C(=O)Nc2ccc(C(N)=O)c(F)c2)CC1. The van der Waals surface area contributed by atoms with Crippen LogP contribution in [-0.4, -0.2) is 41.8 Å². The van der Waals surface area contributed by atoms with Gasteiger partial charge in [-0.2, -0.15) is 0 Å². The molecule has 2 fully saturated rings. The smallest absolute Gasteiger partial charge is 0.251 e. The molecule has 1 aliphatic carbocycles. The quantitative estimate of drug-likeness (QED) is 0.606. The maximum Gasteiger partial charge on any atom is 0.251 e. The summed E-state index contributed by atoms with van der Waals surface area (Å²) in [5.41, 5.74) is 11.9. The van der Waals surface area contributed by atoms with E-state index < -0.39 is 17.8 Å². The van der Waals surface area contributed by atoms with Gasteiger partial charge in [0.05, 0.1) is 5.56 Å². The number of likely N-dealkylation sites (tertiary alicyclic amines) is 1. The van der Waals surface area contributed by atoms with Gasteiger partial charge in [-0.3, -0.25) is 14.4 Å². The van der Waals surface area contributed by atoms with Gasteiger partial charge >= 0.3 is 0 Å². The Hall–Kier alpha value is -3.26. The fraction of sp³-hybridized carbons (Fsp3) is 0.423. The van der Waals surface area contributed by atoms with Crippen LogP contribution in [-0.2, 0) is 9.59 Å². The summed E-state index contributed by atoms with van der Waals surface area (Å²) < 4.78 is 14.3. The summed E-state index contributed by atoms with van der Waals surface area (Å²) in [6, 6.07) is 12.7. The summed E-state index contributed by atoms with van der Waals surface area (Å²) >= 11 is 0. The fourth-order valence-electron chi connectivity index (χ4n) is 5.30. The molecule has 0 aromatic heterocycles. The van der Waals surface area contributed by atoms with E-state index in [9.17, 15) is 18.8 Å². The largest absolute Gasteiger partial charge is 0.366 e. The average Bonchev–Trinajstić information content (AvgIpc) is 3.29. The van der Waals surface area contributed by atoms with Gasteiger partial charge in [0.15, 0.2) is 0 Å². The van der Waals surface area contributed by atoms with Crippen LogP contribution in [0.3, 0.4) is 0 Å². The Morgan fingerprint density at radius 1 is 1.00 bits per heavy atom. The van der Waals surface area contributed by atoms with Crippen molar-refractivity contribution in [3.63, 3.8) is 0 Å². The molecule has 4 rings (SSSR count). The van der Waals surface area contributed by atoms with Crippen LogP contribution in [0.4, 0.5) is 10.1 Å². The van der Waals surface area contributed by atoms with Crippen LogP contribution in [0.5, 0.6) is 0 Å². The van der Waals surface area contributed by atoms with Gasteiger partial charge in [-0.15, -0.1) is 0 Å². The zero-order valence-corrected chi connectivity index (χ0v) is 19.1. The van der Waals surface area contributed by atoms with E-state index in [4.69, 9.17) is 11.5 Å². The third-order valence-corrected chi connectivity index (χ3v) is 7.21. The van der Waals surface area contributed by atoms with E-state index in [1.165, 1.54) is 12.1 Å². The molecular formula is C26H31FN4O3. The Morgan fingerprint density at radius 3 is 2.32 bits per heavy atom. The highest BCUT2D eigenvalue weighted by molar-refractivity contribution is 5.99. The molecule has 5 N–H and O–H groups in total. The van der Waals surface area contributed by atoms with Crippen molar-refractivity contribution in [3.8, 4) is 0 Å². The number of nitrogens with zero attached hydrogens (tertiary/aromatic N) is 1. The first kappa shape index (κ1) is 23.9. The standard InChI is InChI=1S/C26H31FN4O3/c27-22-14-19(10-11-21(22)24(29)32)30-25(33)23-20(17-4-2-1-3-5-17)12-13-31(23)26(34)18-8-6-16(15-28)7-9-18/h1-5,10-11,14,16,18,20,23H,6-9,12-13,15,28H2,(H2,29,32)(H,30,33)/t16?,18?,20-,23-/m0/s1. The predicted octanol–water partition coefficient (Wildman–Crippen LogP) is 3.01. The Kier molecular flexibility index (Phi) is 7.26. The lowest BCUT2D eigenvalue weighted by atomic mass is 9.81. The third kappa shape index (κ3) is 4.97. The number of anilines is 1. The third-order valence-electron chi connectivity index (χ3n) is 7.21. The van der Waals surface area contributed by atoms with Crippen molar-refractivity contribution >= 4 is 23.4 Å². The van der Waals surface area contributed by atoms with Crippen LogP contribution < -0.4 is 16.8 Å². The van der Waals surface area contributed by atoms with Crippen molar-refractivity contribution in [2.24, 2.45) is 23.3 Å². The zero-order valence-electron chi connectivity index (χ0n) is 19.1. The highest BCUT2D eigenvalue weighted by Crippen LogP contribution is 2.37. The number of benzene rings is 2. The van der Waals surface area contributed by atoms with Crippen molar-refractivity contribution in [1.82, 2.24) is 4.90 Å². The summed E-state index contributed by atoms with van der Waals surface area (Å²) in [5, 5.41) is 2.75. The Bertz CT molecular complexity index is 1050. The second-order valence-corrected chi connectivity index (χ2v) is 9.28. The van der Waals surface area contributed by atoms with Crippen molar-refractivity contribution in [3.05, 3.63) is 65.5 Å².